The van der Waals surface area contributed by atoms with Crippen molar-refractivity contribution in [2.24, 2.45) is 0 Å². The maximum absolute atomic E-state index is 12.9. The monoisotopic (exact) mass is 458 g/mol. The number of nitrogens with zero attached hydrogens (tertiary/aromatic N) is 4. The Balaban J connectivity index is 1.81. The first-order valence-electron chi connectivity index (χ1n) is 10.3. The number of sulfonamides is 1. The third-order valence-corrected chi connectivity index (χ3v) is 6.18. The second kappa shape index (κ2) is 10.3. The Kier molecular flexibility index (Phi) is 7.54. The van der Waals surface area contributed by atoms with Gasteiger partial charge in [-0.15, -0.1) is 10.2 Å². The van der Waals surface area contributed by atoms with Crippen molar-refractivity contribution in [1.82, 2.24) is 24.7 Å². The highest BCUT2D eigenvalue weighted by atomic mass is 32.2. The molecule has 0 atom stereocenters. The number of aromatic nitrogens is 4. The molecule has 11 heteroatoms. The molecule has 0 aliphatic carbocycles. The summed E-state index contributed by atoms with van der Waals surface area (Å²) in [5.74, 6) is 0.423. The van der Waals surface area contributed by atoms with E-state index < -0.39 is 15.9 Å². The highest BCUT2D eigenvalue weighted by Gasteiger charge is 2.19. The van der Waals surface area contributed by atoms with Crippen LogP contribution in [0.2, 0.25) is 0 Å². The molecule has 0 unspecified atom stereocenters. The summed E-state index contributed by atoms with van der Waals surface area (Å²) < 4.78 is 34.0. The number of hydrogen-bond donors (Lipinski definition) is 2. The zero-order valence-corrected chi connectivity index (χ0v) is 19.0. The van der Waals surface area contributed by atoms with Crippen LogP contribution in [0.5, 0.6) is 5.88 Å². The molecule has 2 N–H and O–H groups in total. The number of hydrogen-bond acceptors (Lipinski definition) is 7. The van der Waals surface area contributed by atoms with E-state index in [1.165, 1.54) is 25.4 Å². The van der Waals surface area contributed by atoms with Crippen LogP contribution in [0.1, 0.15) is 42.7 Å². The Labute approximate surface area is 187 Å². The first kappa shape index (κ1) is 23.4. The molecule has 0 aliphatic heterocycles. The lowest BCUT2D eigenvalue weighted by atomic mass is 10.2. The van der Waals surface area contributed by atoms with E-state index in [4.69, 9.17) is 4.74 Å². The molecule has 1 amide bonds. The van der Waals surface area contributed by atoms with E-state index in [9.17, 15) is 13.2 Å². The highest BCUT2D eigenvalue weighted by molar-refractivity contribution is 7.89. The number of nitrogens with one attached hydrogen (secondary N) is 2. The molecule has 170 valence electrons. The van der Waals surface area contributed by atoms with Crippen LogP contribution in [0.25, 0.3) is 5.82 Å². The summed E-state index contributed by atoms with van der Waals surface area (Å²) >= 11 is 0. The Morgan fingerprint density at radius 1 is 1.16 bits per heavy atom. The fraction of sp³-hybridized carbons (Fsp3) is 0.333. The molecule has 0 aliphatic rings. The van der Waals surface area contributed by atoms with Gasteiger partial charge >= 0.3 is 0 Å². The van der Waals surface area contributed by atoms with Gasteiger partial charge in [-0.2, -0.15) is 5.10 Å². The number of carbonyl (C=O) groups excluding carboxylic acids is 1. The Bertz CT molecular complexity index is 1180. The van der Waals surface area contributed by atoms with Gasteiger partial charge < -0.3 is 10.1 Å². The summed E-state index contributed by atoms with van der Waals surface area (Å²) in [6.07, 6.45) is 3.60. The van der Waals surface area contributed by atoms with Crippen molar-refractivity contribution in [1.29, 1.82) is 0 Å². The second-order valence-corrected chi connectivity index (χ2v) is 8.70. The normalized spacial score (nSPS) is 11.3. The number of anilines is 1. The summed E-state index contributed by atoms with van der Waals surface area (Å²) in [4.78, 5) is 13.0. The number of methoxy groups -OCH3 is 1. The minimum Gasteiger partial charge on any atom is -0.480 e. The van der Waals surface area contributed by atoms with Gasteiger partial charge in [0, 0.05) is 18.3 Å². The minimum atomic E-state index is -3.65. The molecule has 2 heterocycles. The van der Waals surface area contributed by atoms with Gasteiger partial charge in [0.15, 0.2) is 5.82 Å². The smallest absolute Gasteiger partial charge is 0.259 e. The fourth-order valence-electron chi connectivity index (χ4n) is 3.04. The van der Waals surface area contributed by atoms with Crippen molar-refractivity contribution >= 4 is 21.6 Å². The standard InChI is InChI=1S/C21H26N6O4S/c1-4-6-12-23-32(29,30)16-9-7-8-15(13-16)24-21(28)17-14-22-27(18(17)5-2)19-10-11-20(31-3)26-25-19/h7-11,13-14,23H,4-6,12H2,1-3H3,(H,24,28). The van der Waals surface area contributed by atoms with Gasteiger partial charge in [0.2, 0.25) is 15.9 Å². The fourth-order valence-corrected chi connectivity index (χ4v) is 4.16. The maximum Gasteiger partial charge on any atom is 0.259 e. The first-order valence-corrected chi connectivity index (χ1v) is 11.7. The molecule has 0 radical (unpaired) electrons. The molecule has 0 saturated heterocycles. The third kappa shape index (κ3) is 5.29. The molecule has 0 spiro atoms. The SMILES string of the molecule is CCCCNS(=O)(=O)c1cccc(NC(=O)c2cnn(-c3ccc(OC)nn3)c2CC)c1. The van der Waals surface area contributed by atoms with Crippen molar-refractivity contribution < 1.29 is 17.9 Å². The van der Waals surface area contributed by atoms with Crippen LogP contribution in [-0.2, 0) is 16.4 Å². The van der Waals surface area contributed by atoms with Gasteiger partial charge in [-0.25, -0.2) is 17.8 Å². The van der Waals surface area contributed by atoms with E-state index in [2.05, 4.69) is 25.3 Å². The van der Waals surface area contributed by atoms with Crippen molar-refractivity contribution in [3.63, 3.8) is 0 Å². The van der Waals surface area contributed by atoms with Crippen molar-refractivity contribution in [3.05, 3.63) is 53.9 Å². The minimum absolute atomic E-state index is 0.0892. The quantitative estimate of drug-likeness (QED) is 0.447. The van der Waals surface area contributed by atoms with Crippen molar-refractivity contribution in [3.8, 4) is 11.7 Å². The van der Waals surface area contributed by atoms with Crippen LogP contribution in [0.3, 0.4) is 0 Å². The number of benzene rings is 1. The first-order chi connectivity index (χ1) is 15.4. The average Bonchev–Trinajstić information content (AvgIpc) is 3.24. The summed E-state index contributed by atoms with van der Waals surface area (Å²) in [5.41, 5.74) is 1.37. The van der Waals surface area contributed by atoms with Gasteiger partial charge in [-0.3, -0.25) is 4.79 Å². The molecule has 0 bridgehead atoms. The Morgan fingerprint density at radius 3 is 2.62 bits per heavy atom. The van der Waals surface area contributed by atoms with Crippen LogP contribution >= 0.6 is 0 Å². The predicted molar refractivity (Wildman–Crippen MR) is 120 cm³/mol. The largest absolute Gasteiger partial charge is 0.480 e. The van der Waals surface area contributed by atoms with E-state index in [-0.39, 0.29) is 4.90 Å². The number of rotatable bonds is 10. The van der Waals surface area contributed by atoms with Crippen molar-refractivity contribution in [2.45, 2.75) is 38.0 Å². The number of amides is 1. The Hall–Kier alpha value is -3.31. The van der Waals surface area contributed by atoms with Crippen molar-refractivity contribution in [2.75, 3.05) is 19.0 Å². The number of unbranched alkanes of at least 4 members (excludes halogenated alkanes) is 1. The predicted octanol–water partition coefficient (Wildman–Crippen LogP) is 2.56. The van der Waals surface area contributed by atoms with Crippen LogP contribution in [0, 0.1) is 0 Å². The molecule has 10 nitrogen and oxygen atoms in total. The maximum atomic E-state index is 12.9. The molecule has 1 aromatic carbocycles. The molecule has 2 aromatic heterocycles. The average molecular weight is 459 g/mol. The van der Waals surface area contributed by atoms with E-state index in [0.717, 1.165) is 12.8 Å². The summed E-state index contributed by atoms with van der Waals surface area (Å²) in [6.45, 7) is 4.25. The van der Waals surface area contributed by atoms with Gasteiger partial charge in [-0.05, 0) is 37.1 Å². The van der Waals surface area contributed by atoms with Crippen LogP contribution in [0.15, 0.2) is 47.5 Å². The topological polar surface area (TPSA) is 128 Å². The van der Waals surface area contributed by atoms with Gasteiger partial charge in [-0.1, -0.05) is 26.3 Å². The van der Waals surface area contributed by atoms with Crippen LogP contribution < -0.4 is 14.8 Å². The molecule has 3 rings (SSSR count). The van der Waals surface area contributed by atoms with Crippen LogP contribution in [0.4, 0.5) is 5.69 Å². The van der Waals surface area contributed by atoms with E-state index in [1.807, 2.05) is 13.8 Å². The highest BCUT2D eigenvalue weighted by Crippen LogP contribution is 2.19. The van der Waals surface area contributed by atoms with Gasteiger partial charge in [0.1, 0.15) is 0 Å². The van der Waals surface area contributed by atoms with Gasteiger partial charge in [0.25, 0.3) is 5.91 Å². The third-order valence-electron chi connectivity index (χ3n) is 4.73. The number of ether oxygens (including phenoxy) is 1. The molecule has 3 aromatic rings. The molecule has 0 fully saturated rings. The van der Waals surface area contributed by atoms with Crippen LogP contribution in [-0.4, -0.2) is 48.0 Å². The second-order valence-electron chi connectivity index (χ2n) is 6.94. The Morgan fingerprint density at radius 2 is 1.97 bits per heavy atom. The van der Waals surface area contributed by atoms with E-state index in [1.54, 1.807) is 28.9 Å². The summed E-state index contributed by atoms with van der Waals surface area (Å²) in [7, 11) is -2.15. The summed E-state index contributed by atoms with van der Waals surface area (Å²) in [5, 5.41) is 15.0. The van der Waals surface area contributed by atoms with E-state index >= 15 is 0 Å². The zero-order chi connectivity index (χ0) is 23.1. The lowest BCUT2D eigenvalue weighted by molar-refractivity contribution is 0.102. The molecule has 32 heavy (non-hydrogen) atoms. The molecule has 0 saturated carbocycles. The lowest BCUT2D eigenvalue weighted by Crippen LogP contribution is -2.25. The summed E-state index contributed by atoms with van der Waals surface area (Å²) in [6, 6.07) is 9.48. The number of carbonyl (C=O) groups is 1. The zero-order valence-electron chi connectivity index (χ0n) is 18.2. The lowest BCUT2D eigenvalue weighted by Gasteiger charge is -2.10. The molecular formula is C21H26N6O4S. The van der Waals surface area contributed by atoms with E-state index in [0.29, 0.717) is 41.6 Å². The molecular weight excluding hydrogens is 432 g/mol. The van der Waals surface area contributed by atoms with Gasteiger partial charge in [0.05, 0.1) is 29.5 Å².